The molecule has 1 saturated heterocycles. The van der Waals surface area contributed by atoms with E-state index in [0.29, 0.717) is 38.6 Å². The highest BCUT2D eigenvalue weighted by Crippen LogP contribution is 2.18. The van der Waals surface area contributed by atoms with Gasteiger partial charge in [0.2, 0.25) is 5.91 Å². The highest BCUT2D eigenvalue weighted by atomic mass is 19.1. The van der Waals surface area contributed by atoms with Crippen molar-refractivity contribution in [2.75, 3.05) is 26.2 Å². The largest absolute Gasteiger partial charge is 0.466 e. The van der Waals surface area contributed by atoms with Gasteiger partial charge < -0.3 is 15.0 Å². The summed E-state index contributed by atoms with van der Waals surface area (Å²) in [6, 6.07) is 2.67. The number of esters is 1. The molecule has 1 aromatic carbocycles. The molecule has 1 fully saturated rings. The molecule has 0 radical (unpaired) electrons. The van der Waals surface area contributed by atoms with Gasteiger partial charge in [-0.25, -0.2) is 8.78 Å². The van der Waals surface area contributed by atoms with Crippen molar-refractivity contribution in [3.05, 3.63) is 35.4 Å². The molecule has 0 spiro atoms. The summed E-state index contributed by atoms with van der Waals surface area (Å²) in [5.74, 6) is -3.25. The summed E-state index contributed by atoms with van der Waals surface area (Å²) in [5.41, 5.74) is -0.279. The van der Waals surface area contributed by atoms with Gasteiger partial charge in [0, 0.05) is 32.1 Å². The van der Waals surface area contributed by atoms with Gasteiger partial charge in [-0.15, -0.1) is 0 Å². The number of piperidine rings is 1. The second-order valence-electron chi connectivity index (χ2n) is 6.06. The average Bonchev–Trinajstić information content (AvgIpc) is 2.61. The van der Waals surface area contributed by atoms with Crippen LogP contribution in [0.3, 0.4) is 0 Å². The van der Waals surface area contributed by atoms with E-state index in [2.05, 4.69) is 5.32 Å². The molecule has 0 aromatic heterocycles. The molecule has 6 nitrogen and oxygen atoms in total. The Hall–Kier alpha value is -2.51. The van der Waals surface area contributed by atoms with E-state index in [1.165, 1.54) is 0 Å². The standard InChI is InChI=1S/C18H22F2N2O4/c1-2-26-18(25)12-4-3-9-22(11-12)16(23)7-8-21-17(24)14-6-5-13(19)10-15(14)20/h5-6,10,12H,2-4,7-9,11H2,1H3,(H,21,24)/t12-/m0/s1. The molecule has 1 heterocycles. The number of benzene rings is 1. The Morgan fingerprint density at radius 1 is 1.31 bits per heavy atom. The van der Waals surface area contributed by atoms with E-state index < -0.39 is 17.5 Å². The molecule has 1 N–H and O–H groups in total. The Bertz CT molecular complexity index is 681. The van der Waals surface area contributed by atoms with Gasteiger partial charge in [0.1, 0.15) is 11.6 Å². The van der Waals surface area contributed by atoms with Crippen molar-refractivity contribution in [3.63, 3.8) is 0 Å². The number of rotatable bonds is 6. The predicted octanol–water partition coefficient (Wildman–Crippen LogP) is 1.89. The van der Waals surface area contributed by atoms with Gasteiger partial charge in [-0.3, -0.25) is 14.4 Å². The van der Waals surface area contributed by atoms with E-state index >= 15 is 0 Å². The van der Waals surface area contributed by atoms with Gasteiger partial charge in [-0.05, 0) is 31.9 Å². The molecule has 0 bridgehead atoms. The number of ether oxygens (including phenoxy) is 1. The fraction of sp³-hybridized carbons (Fsp3) is 0.500. The highest BCUT2D eigenvalue weighted by Gasteiger charge is 2.29. The van der Waals surface area contributed by atoms with E-state index in [1.54, 1.807) is 11.8 Å². The lowest BCUT2D eigenvalue weighted by atomic mass is 9.98. The van der Waals surface area contributed by atoms with Crippen molar-refractivity contribution in [3.8, 4) is 0 Å². The molecule has 0 unspecified atom stereocenters. The predicted molar refractivity (Wildman–Crippen MR) is 89.2 cm³/mol. The van der Waals surface area contributed by atoms with Gasteiger partial charge in [0.25, 0.3) is 5.91 Å². The molecule has 8 heteroatoms. The first-order valence-electron chi connectivity index (χ1n) is 8.60. The third-order valence-corrected chi connectivity index (χ3v) is 4.19. The highest BCUT2D eigenvalue weighted by molar-refractivity contribution is 5.94. The molecular formula is C18H22F2N2O4. The first-order valence-corrected chi connectivity index (χ1v) is 8.60. The Kier molecular flexibility index (Phi) is 7.06. The third kappa shape index (κ3) is 5.24. The summed E-state index contributed by atoms with van der Waals surface area (Å²) in [5, 5.41) is 2.44. The lowest BCUT2D eigenvalue weighted by Crippen LogP contribution is -2.43. The van der Waals surface area contributed by atoms with Crippen LogP contribution in [0.4, 0.5) is 8.78 Å². The quantitative estimate of drug-likeness (QED) is 0.778. The number of halogens is 2. The summed E-state index contributed by atoms with van der Waals surface area (Å²) in [4.78, 5) is 37.5. The zero-order valence-corrected chi connectivity index (χ0v) is 14.6. The molecule has 1 atom stereocenters. The number of carbonyl (C=O) groups excluding carboxylic acids is 3. The molecule has 0 aliphatic carbocycles. The fourth-order valence-corrected chi connectivity index (χ4v) is 2.87. The number of nitrogens with one attached hydrogen (secondary N) is 1. The van der Waals surface area contributed by atoms with Crippen LogP contribution in [0.1, 0.15) is 36.5 Å². The molecule has 1 aromatic rings. The minimum Gasteiger partial charge on any atom is -0.466 e. The van der Waals surface area contributed by atoms with Crippen LogP contribution in [0.2, 0.25) is 0 Å². The fourth-order valence-electron chi connectivity index (χ4n) is 2.87. The summed E-state index contributed by atoms with van der Waals surface area (Å²) < 4.78 is 31.4. The van der Waals surface area contributed by atoms with Gasteiger partial charge in [0.05, 0.1) is 18.1 Å². The summed E-state index contributed by atoms with van der Waals surface area (Å²) in [6.45, 7) is 2.91. The first-order chi connectivity index (χ1) is 12.4. The first kappa shape index (κ1) is 19.8. The Balaban J connectivity index is 1.81. The minimum absolute atomic E-state index is 0.0229. The summed E-state index contributed by atoms with van der Waals surface area (Å²) in [7, 11) is 0. The normalized spacial score (nSPS) is 16.9. The average molecular weight is 368 g/mol. The molecule has 142 valence electrons. The van der Waals surface area contributed by atoms with Crippen molar-refractivity contribution in [2.45, 2.75) is 26.2 Å². The Morgan fingerprint density at radius 2 is 2.08 bits per heavy atom. The van der Waals surface area contributed by atoms with Crippen LogP contribution in [-0.2, 0) is 14.3 Å². The van der Waals surface area contributed by atoms with E-state index in [9.17, 15) is 23.2 Å². The van der Waals surface area contributed by atoms with E-state index in [0.717, 1.165) is 12.1 Å². The lowest BCUT2D eigenvalue weighted by molar-refractivity contribution is -0.151. The number of amides is 2. The molecule has 0 saturated carbocycles. The second-order valence-corrected chi connectivity index (χ2v) is 6.06. The third-order valence-electron chi connectivity index (χ3n) is 4.19. The zero-order valence-electron chi connectivity index (χ0n) is 14.6. The van der Waals surface area contributed by atoms with Crippen molar-refractivity contribution in [2.24, 2.45) is 5.92 Å². The minimum atomic E-state index is -0.956. The molecule has 2 rings (SSSR count). The number of hydrogen-bond donors (Lipinski definition) is 1. The summed E-state index contributed by atoms with van der Waals surface area (Å²) >= 11 is 0. The molecule has 26 heavy (non-hydrogen) atoms. The van der Waals surface area contributed by atoms with E-state index in [1.807, 2.05) is 0 Å². The van der Waals surface area contributed by atoms with Crippen molar-refractivity contribution >= 4 is 17.8 Å². The molecule has 1 aliphatic heterocycles. The lowest BCUT2D eigenvalue weighted by Gasteiger charge is -2.31. The number of likely N-dealkylation sites (tertiary alicyclic amines) is 1. The molecule has 2 amide bonds. The molecular weight excluding hydrogens is 346 g/mol. The zero-order chi connectivity index (χ0) is 19.1. The topological polar surface area (TPSA) is 75.7 Å². The second kappa shape index (κ2) is 9.26. The van der Waals surface area contributed by atoms with Crippen molar-refractivity contribution < 1.29 is 27.9 Å². The Labute approximate surface area is 150 Å². The maximum atomic E-state index is 13.5. The number of hydrogen-bond acceptors (Lipinski definition) is 4. The number of nitrogens with zero attached hydrogens (tertiary/aromatic N) is 1. The van der Waals surface area contributed by atoms with Crippen molar-refractivity contribution in [1.82, 2.24) is 10.2 Å². The Morgan fingerprint density at radius 3 is 2.77 bits per heavy atom. The van der Waals surface area contributed by atoms with Gasteiger partial charge >= 0.3 is 5.97 Å². The van der Waals surface area contributed by atoms with Gasteiger partial charge in [0.15, 0.2) is 0 Å². The van der Waals surface area contributed by atoms with Crippen LogP contribution in [-0.4, -0.2) is 48.9 Å². The van der Waals surface area contributed by atoms with E-state index in [-0.39, 0.29) is 36.3 Å². The van der Waals surface area contributed by atoms with Gasteiger partial charge in [-0.2, -0.15) is 0 Å². The van der Waals surface area contributed by atoms with Gasteiger partial charge in [-0.1, -0.05) is 0 Å². The van der Waals surface area contributed by atoms with Crippen LogP contribution in [0.5, 0.6) is 0 Å². The monoisotopic (exact) mass is 368 g/mol. The van der Waals surface area contributed by atoms with Crippen LogP contribution in [0.15, 0.2) is 18.2 Å². The van der Waals surface area contributed by atoms with Crippen molar-refractivity contribution in [1.29, 1.82) is 0 Å². The maximum absolute atomic E-state index is 13.5. The maximum Gasteiger partial charge on any atom is 0.310 e. The van der Waals surface area contributed by atoms with Crippen LogP contribution in [0.25, 0.3) is 0 Å². The SMILES string of the molecule is CCOC(=O)[C@H]1CCCN(C(=O)CCNC(=O)c2ccc(F)cc2F)C1. The van der Waals surface area contributed by atoms with Crippen LogP contribution < -0.4 is 5.32 Å². The number of carbonyl (C=O) groups is 3. The summed E-state index contributed by atoms with van der Waals surface area (Å²) in [6.07, 6.45) is 1.43. The molecule has 1 aliphatic rings. The van der Waals surface area contributed by atoms with E-state index in [4.69, 9.17) is 4.74 Å². The smallest absolute Gasteiger partial charge is 0.310 e. The van der Waals surface area contributed by atoms with Crippen LogP contribution in [0, 0.1) is 17.6 Å². The van der Waals surface area contributed by atoms with Crippen LogP contribution >= 0.6 is 0 Å².